The highest BCUT2D eigenvalue weighted by Crippen LogP contribution is 2.23. The maximum absolute atomic E-state index is 12.8. The Morgan fingerprint density at radius 1 is 0.871 bits per heavy atom. The van der Waals surface area contributed by atoms with Crippen molar-refractivity contribution in [2.45, 2.75) is 47.7 Å². The van der Waals surface area contributed by atoms with Gasteiger partial charge in [-0.25, -0.2) is 4.98 Å². The maximum Gasteiger partial charge on any atom is 0.251 e. The number of hydrogen-bond donors (Lipinski definition) is 1. The smallest absolute Gasteiger partial charge is 0.251 e. The van der Waals surface area contributed by atoms with Crippen molar-refractivity contribution in [3.8, 4) is 0 Å². The van der Waals surface area contributed by atoms with Crippen LogP contribution >= 0.6 is 0 Å². The van der Waals surface area contributed by atoms with E-state index in [9.17, 15) is 4.79 Å². The predicted molar refractivity (Wildman–Crippen MR) is 127 cm³/mol. The number of aryl methyl sites for hydroxylation is 5. The van der Waals surface area contributed by atoms with Gasteiger partial charge in [-0.2, -0.15) is 0 Å². The van der Waals surface area contributed by atoms with Crippen LogP contribution in [0.1, 0.15) is 49.6 Å². The number of aromatic nitrogens is 2. The van der Waals surface area contributed by atoms with Crippen LogP contribution in [0, 0.1) is 34.6 Å². The molecule has 0 saturated carbocycles. The second kappa shape index (κ2) is 8.38. The lowest BCUT2D eigenvalue weighted by molar-refractivity contribution is 0.0949. The third-order valence-corrected chi connectivity index (χ3v) is 5.92. The molecule has 0 atom stereocenters. The molecule has 1 heterocycles. The van der Waals surface area contributed by atoms with Crippen molar-refractivity contribution in [2.75, 3.05) is 0 Å². The average Bonchev–Trinajstić information content (AvgIpc) is 3.06. The van der Waals surface area contributed by atoms with Crippen molar-refractivity contribution in [3.05, 3.63) is 99.4 Å². The van der Waals surface area contributed by atoms with E-state index in [1.807, 2.05) is 50.2 Å². The van der Waals surface area contributed by atoms with Gasteiger partial charge >= 0.3 is 0 Å². The summed E-state index contributed by atoms with van der Waals surface area (Å²) in [5.41, 5.74) is 10.0. The molecule has 0 radical (unpaired) electrons. The predicted octanol–water partition coefficient (Wildman–Crippen LogP) is 5.56. The second-order valence-electron chi connectivity index (χ2n) is 8.48. The summed E-state index contributed by atoms with van der Waals surface area (Å²) in [5, 5.41) is 3.08. The molecule has 0 aliphatic rings. The Morgan fingerprint density at radius 2 is 1.55 bits per heavy atom. The Hall–Kier alpha value is -3.40. The van der Waals surface area contributed by atoms with Gasteiger partial charge in [0, 0.05) is 12.1 Å². The highest BCUT2D eigenvalue weighted by molar-refractivity contribution is 5.95. The fraction of sp³-hybridized carbons (Fsp3) is 0.259. The molecule has 4 nitrogen and oxygen atoms in total. The number of carbonyl (C=O) groups is 1. The van der Waals surface area contributed by atoms with Gasteiger partial charge in [-0.1, -0.05) is 47.5 Å². The minimum absolute atomic E-state index is 0.0706. The summed E-state index contributed by atoms with van der Waals surface area (Å²) in [7, 11) is 0. The lowest BCUT2D eigenvalue weighted by Gasteiger charge is -2.15. The molecule has 4 heteroatoms. The molecule has 4 aromatic rings. The molecular weight excluding hydrogens is 382 g/mol. The highest BCUT2D eigenvalue weighted by atomic mass is 16.1. The zero-order chi connectivity index (χ0) is 22.1. The van der Waals surface area contributed by atoms with Crippen molar-refractivity contribution >= 4 is 16.9 Å². The van der Waals surface area contributed by atoms with Gasteiger partial charge in [0.1, 0.15) is 5.82 Å². The minimum atomic E-state index is -0.0706. The Labute approximate surface area is 183 Å². The first-order valence-corrected chi connectivity index (χ1v) is 10.7. The Kier molecular flexibility index (Phi) is 5.64. The topological polar surface area (TPSA) is 46.9 Å². The number of amides is 1. The second-order valence-corrected chi connectivity index (χ2v) is 8.48. The van der Waals surface area contributed by atoms with Gasteiger partial charge in [-0.3, -0.25) is 4.79 Å². The van der Waals surface area contributed by atoms with E-state index in [1.165, 1.54) is 22.3 Å². The zero-order valence-electron chi connectivity index (χ0n) is 18.9. The molecule has 0 bridgehead atoms. The van der Waals surface area contributed by atoms with Crippen LogP contribution in [0.15, 0.2) is 54.6 Å². The van der Waals surface area contributed by atoms with E-state index in [0.717, 1.165) is 34.5 Å². The molecule has 31 heavy (non-hydrogen) atoms. The Balaban J connectivity index is 1.66. The first-order chi connectivity index (χ1) is 14.8. The monoisotopic (exact) mass is 411 g/mol. The number of benzene rings is 3. The van der Waals surface area contributed by atoms with Gasteiger partial charge in [0.15, 0.2) is 0 Å². The molecule has 1 amide bonds. The average molecular weight is 412 g/mol. The minimum Gasteiger partial charge on any atom is -0.345 e. The van der Waals surface area contributed by atoms with Crippen molar-refractivity contribution < 1.29 is 4.79 Å². The van der Waals surface area contributed by atoms with E-state index in [4.69, 9.17) is 4.98 Å². The van der Waals surface area contributed by atoms with Crippen molar-refractivity contribution in [1.82, 2.24) is 14.9 Å². The van der Waals surface area contributed by atoms with Gasteiger partial charge in [-0.05, 0) is 75.1 Å². The van der Waals surface area contributed by atoms with Crippen LogP contribution in [0.25, 0.3) is 11.0 Å². The van der Waals surface area contributed by atoms with Gasteiger partial charge in [0.25, 0.3) is 5.91 Å². The third kappa shape index (κ3) is 4.24. The molecular formula is C27H29N3O. The quantitative estimate of drug-likeness (QED) is 0.468. The molecule has 4 rings (SSSR count). The Bertz CT molecular complexity index is 1260. The lowest BCUT2D eigenvalue weighted by Crippen LogP contribution is -2.25. The first-order valence-electron chi connectivity index (χ1n) is 10.7. The van der Waals surface area contributed by atoms with E-state index < -0.39 is 0 Å². The number of imidazole rings is 1. The van der Waals surface area contributed by atoms with Crippen LogP contribution < -0.4 is 5.32 Å². The van der Waals surface area contributed by atoms with Gasteiger partial charge in [-0.15, -0.1) is 0 Å². The fourth-order valence-corrected chi connectivity index (χ4v) is 4.38. The fourth-order valence-electron chi connectivity index (χ4n) is 4.38. The van der Waals surface area contributed by atoms with Crippen molar-refractivity contribution in [2.24, 2.45) is 0 Å². The third-order valence-electron chi connectivity index (χ3n) is 5.92. The van der Waals surface area contributed by atoms with E-state index >= 15 is 0 Å². The molecule has 0 unspecified atom stereocenters. The van der Waals surface area contributed by atoms with Crippen LogP contribution in [0.3, 0.4) is 0 Å². The zero-order valence-corrected chi connectivity index (χ0v) is 18.9. The number of hydrogen-bond acceptors (Lipinski definition) is 2. The molecule has 158 valence electrons. The molecule has 1 aromatic heterocycles. The van der Waals surface area contributed by atoms with Crippen LogP contribution in [0.2, 0.25) is 0 Å². The van der Waals surface area contributed by atoms with E-state index in [2.05, 4.69) is 48.9 Å². The summed E-state index contributed by atoms with van der Waals surface area (Å²) in [6.45, 7) is 11.6. The maximum atomic E-state index is 12.8. The summed E-state index contributed by atoms with van der Waals surface area (Å²) in [6, 6.07) is 18.5. The number of rotatable bonds is 5. The van der Waals surface area contributed by atoms with Gasteiger partial charge < -0.3 is 9.88 Å². The van der Waals surface area contributed by atoms with Crippen molar-refractivity contribution in [1.29, 1.82) is 0 Å². The number of fused-ring (bicyclic) bond motifs is 1. The highest BCUT2D eigenvalue weighted by Gasteiger charge is 2.15. The molecule has 0 fully saturated rings. The number of para-hydroxylation sites is 2. The molecule has 0 saturated heterocycles. The number of nitrogens with zero attached hydrogens (tertiary/aromatic N) is 2. The SMILES string of the molecule is Cc1ccc(C(=O)NCc2nc3ccccc3n2Cc2c(C)cc(C)cc2C)c(C)c1. The van der Waals surface area contributed by atoms with Crippen LogP contribution in [-0.4, -0.2) is 15.5 Å². The number of carbonyl (C=O) groups excluding carboxylic acids is 1. The van der Waals surface area contributed by atoms with Crippen LogP contribution in [0.5, 0.6) is 0 Å². The summed E-state index contributed by atoms with van der Waals surface area (Å²) < 4.78 is 2.22. The largest absolute Gasteiger partial charge is 0.345 e. The van der Waals surface area contributed by atoms with E-state index in [0.29, 0.717) is 12.1 Å². The molecule has 1 N–H and O–H groups in total. The van der Waals surface area contributed by atoms with Crippen LogP contribution in [0.4, 0.5) is 0 Å². The summed E-state index contributed by atoms with van der Waals surface area (Å²) >= 11 is 0. The summed E-state index contributed by atoms with van der Waals surface area (Å²) in [4.78, 5) is 17.7. The van der Waals surface area contributed by atoms with Crippen LogP contribution in [-0.2, 0) is 13.1 Å². The van der Waals surface area contributed by atoms with Gasteiger partial charge in [0.2, 0.25) is 0 Å². The standard InChI is InChI=1S/C27H29N3O/c1-17-10-11-22(19(3)12-17)27(31)28-15-26-29-24-8-6-7-9-25(24)30(26)16-23-20(4)13-18(2)14-21(23)5/h6-14H,15-16H2,1-5H3,(H,28,31). The molecule has 0 aliphatic heterocycles. The molecule has 0 spiro atoms. The molecule has 3 aromatic carbocycles. The summed E-state index contributed by atoms with van der Waals surface area (Å²) in [5.74, 6) is 0.789. The first kappa shape index (κ1) is 20.9. The summed E-state index contributed by atoms with van der Waals surface area (Å²) in [6.07, 6.45) is 0. The number of nitrogens with one attached hydrogen (secondary N) is 1. The normalized spacial score (nSPS) is 11.1. The Morgan fingerprint density at radius 3 is 2.26 bits per heavy atom. The van der Waals surface area contributed by atoms with E-state index in [-0.39, 0.29) is 5.91 Å². The van der Waals surface area contributed by atoms with E-state index in [1.54, 1.807) is 0 Å². The molecule has 0 aliphatic carbocycles. The van der Waals surface area contributed by atoms with Gasteiger partial charge in [0.05, 0.1) is 17.6 Å². The lowest BCUT2D eigenvalue weighted by atomic mass is 9.99. The van der Waals surface area contributed by atoms with Crippen molar-refractivity contribution in [3.63, 3.8) is 0 Å².